The largest absolute Gasteiger partial charge is 0.481 e. The number of carbonyl (C=O) groups is 1. The van der Waals surface area contributed by atoms with Crippen LogP contribution in [0.5, 0.6) is 0 Å². The maximum atomic E-state index is 11.2. The molecule has 4 nitrogen and oxygen atoms in total. The molecule has 1 unspecified atom stereocenters. The molecule has 2 N–H and O–H groups in total. The van der Waals surface area contributed by atoms with Crippen LogP contribution in [0.15, 0.2) is 18.2 Å². The lowest BCUT2D eigenvalue weighted by Gasteiger charge is -2.33. The van der Waals surface area contributed by atoms with Gasteiger partial charge in [0, 0.05) is 19.1 Å². The molecule has 1 aromatic carbocycles. The molecule has 0 heterocycles. The van der Waals surface area contributed by atoms with E-state index in [-0.39, 0.29) is 12.3 Å². The van der Waals surface area contributed by atoms with Gasteiger partial charge in [0.25, 0.3) is 0 Å². The summed E-state index contributed by atoms with van der Waals surface area (Å²) in [4.78, 5) is 13.7. The first-order valence-electron chi connectivity index (χ1n) is 11.1. The first-order valence-corrected chi connectivity index (χ1v) is 11.1. The maximum absolute atomic E-state index is 11.2. The van der Waals surface area contributed by atoms with Crippen LogP contribution in [0, 0.1) is 11.8 Å². The molecule has 1 aliphatic rings. The highest BCUT2D eigenvalue weighted by Crippen LogP contribution is 2.34. The summed E-state index contributed by atoms with van der Waals surface area (Å²) < 4.78 is 0. The van der Waals surface area contributed by atoms with E-state index in [1.54, 1.807) is 0 Å². The molecule has 0 aliphatic heterocycles. The van der Waals surface area contributed by atoms with Crippen molar-refractivity contribution >= 4 is 17.3 Å². The Kier molecular flexibility index (Phi) is 8.65. The van der Waals surface area contributed by atoms with Gasteiger partial charge in [-0.15, -0.1) is 0 Å². The summed E-state index contributed by atoms with van der Waals surface area (Å²) >= 11 is 0. The molecule has 0 spiro atoms. The molecule has 1 fully saturated rings. The van der Waals surface area contributed by atoms with Gasteiger partial charge >= 0.3 is 5.97 Å². The minimum absolute atomic E-state index is 0.0158. The molecule has 28 heavy (non-hydrogen) atoms. The van der Waals surface area contributed by atoms with E-state index < -0.39 is 5.97 Å². The van der Waals surface area contributed by atoms with E-state index in [9.17, 15) is 9.90 Å². The lowest BCUT2D eigenvalue weighted by molar-refractivity contribution is -0.137. The summed E-state index contributed by atoms with van der Waals surface area (Å²) in [6, 6.07) is 7.08. The Morgan fingerprint density at radius 2 is 1.68 bits per heavy atom. The fraction of sp³-hybridized carbons (Fsp3) is 0.708. The Hall–Kier alpha value is -1.71. The number of carboxylic acids is 1. The lowest BCUT2D eigenvalue weighted by atomic mass is 9.93. The molecule has 1 saturated carbocycles. The number of nitrogens with one attached hydrogen (secondary N) is 1. The molecular weight excluding hydrogens is 348 g/mol. The van der Waals surface area contributed by atoms with Gasteiger partial charge < -0.3 is 15.3 Å². The van der Waals surface area contributed by atoms with Gasteiger partial charge in [0.1, 0.15) is 0 Å². The van der Waals surface area contributed by atoms with Crippen molar-refractivity contribution in [2.24, 2.45) is 11.8 Å². The van der Waals surface area contributed by atoms with Gasteiger partial charge in [0.05, 0.1) is 17.8 Å². The molecule has 1 atom stereocenters. The maximum Gasteiger partial charge on any atom is 0.303 e. The predicted octanol–water partition coefficient (Wildman–Crippen LogP) is 6.13. The van der Waals surface area contributed by atoms with Crippen molar-refractivity contribution in [3.63, 3.8) is 0 Å². The quantitative estimate of drug-likeness (QED) is 0.506. The van der Waals surface area contributed by atoms with Crippen LogP contribution in [0.4, 0.5) is 11.4 Å². The minimum Gasteiger partial charge on any atom is -0.481 e. The lowest BCUT2D eigenvalue weighted by Crippen LogP contribution is -2.33. The van der Waals surface area contributed by atoms with Crippen LogP contribution in [-0.4, -0.2) is 30.2 Å². The van der Waals surface area contributed by atoms with Gasteiger partial charge in [-0.05, 0) is 48.3 Å². The molecule has 0 amide bonds. The van der Waals surface area contributed by atoms with Crippen molar-refractivity contribution in [1.82, 2.24) is 0 Å². The second-order valence-corrected chi connectivity index (χ2v) is 9.45. The van der Waals surface area contributed by atoms with Gasteiger partial charge in [0.15, 0.2) is 0 Å². The van der Waals surface area contributed by atoms with Crippen molar-refractivity contribution in [3.8, 4) is 0 Å². The summed E-state index contributed by atoms with van der Waals surface area (Å²) in [5, 5.41) is 13.0. The highest BCUT2D eigenvalue weighted by atomic mass is 16.4. The summed E-state index contributed by atoms with van der Waals surface area (Å²) in [6.45, 7) is 13.1. The molecule has 2 rings (SSSR count). The van der Waals surface area contributed by atoms with Crippen LogP contribution >= 0.6 is 0 Å². The third-order valence-electron chi connectivity index (χ3n) is 5.55. The van der Waals surface area contributed by atoms with Crippen molar-refractivity contribution in [2.45, 2.75) is 85.1 Å². The fourth-order valence-corrected chi connectivity index (χ4v) is 4.25. The Bertz CT molecular complexity index is 611. The van der Waals surface area contributed by atoms with Gasteiger partial charge in [-0.3, -0.25) is 4.79 Å². The van der Waals surface area contributed by atoms with Crippen LogP contribution in [0.1, 0.15) is 84.6 Å². The second-order valence-electron chi connectivity index (χ2n) is 9.45. The Morgan fingerprint density at radius 1 is 1.07 bits per heavy atom. The van der Waals surface area contributed by atoms with Crippen LogP contribution in [0.25, 0.3) is 0 Å². The van der Waals surface area contributed by atoms with Gasteiger partial charge in [-0.2, -0.15) is 0 Å². The zero-order valence-corrected chi connectivity index (χ0v) is 18.5. The van der Waals surface area contributed by atoms with Crippen molar-refractivity contribution in [1.29, 1.82) is 0 Å². The van der Waals surface area contributed by atoms with Crippen LogP contribution in [0.3, 0.4) is 0 Å². The van der Waals surface area contributed by atoms with E-state index in [4.69, 9.17) is 0 Å². The molecule has 1 aliphatic carbocycles. The summed E-state index contributed by atoms with van der Waals surface area (Å²) in [5.74, 6) is 0.459. The smallest absolute Gasteiger partial charge is 0.303 e. The second kappa shape index (κ2) is 10.7. The zero-order valence-electron chi connectivity index (χ0n) is 18.5. The minimum atomic E-state index is -0.736. The van der Waals surface area contributed by atoms with Crippen LogP contribution in [0.2, 0.25) is 0 Å². The van der Waals surface area contributed by atoms with E-state index in [1.165, 1.54) is 43.5 Å². The van der Waals surface area contributed by atoms with Crippen molar-refractivity contribution in [2.75, 3.05) is 23.3 Å². The number of anilines is 2. The van der Waals surface area contributed by atoms with E-state index in [0.717, 1.165) is 18.7 Å². The van der Waals surface area contributed by atoms with Gasteiger partial charge in [-0.1, -0.05) is 59.9 Å². The van der Waals surface area contributed by atoms with E-state index >= 15 is 0 Å². The number of rotatable bonds is 10. The number of benzene rings is 1. The molecule has 1 aromatic rings. The fourth-order valence-electron chi connectivity index (χ4n) is 4.25. The molecule has 158 valence electrons. The predicted molar refractivity (Wildman–Crippen MR) is 119 cm³/mol. The van der Waals surface area contributed by atoms with Crippen molar-refractivity contribution < 1.29 is 9.90 Å². The number of hydrogen-bond acceptors (Lipinski definition) is 3. The monoisotopic (exact) mass is 388 g/mol. The topological polar surface area (TPSA) is 52.6 Å². The SMILES string of the molecule is CC(C)CN(CC(C)C)c1ccc(C(C)CC(=O)O)cc1NC1CCCCC1. The number of nitrogens with zero attached hydrogens (tertiary/aromatic N) is 1. The van der Waals surface area contributed by atoms with Crippen molar-refractivity contribution in [3.05, 3.63) is 23.8 Å². The third kappa shape index (κ3) is 7.03. The zero-order chi connectivity index (χ0) is 20.7. The standard InChI is InChI=1S/C24H40N2O2/c1-17(2)15-26(16-18(3)4)23-12-11-20(19(5)13-24(27)28)14-22(23)25-21-9-7-6-8-10-21/h11-12,14,17-19,21,25H,6-10,13,15-16H2,1-5H3,(H,27,28). The van der Waals surface area contributed by atoms with Crippen LogP contribution in [-0.2, 0) is 4.79 Å². The number of hydrogen-bond donors (Lipinski definition) is 2. The van der Waals surface area contributed by atoms with Crippen LogP contribution < -0.4 is 10.2 Å². The first kappa shape index (κ1) is 22.6. The van der Waals surface area contributed by atoms with E-state index in [0.29, 0.717) is 17.9 Å². The molecule has 0 radical (unpaired) electrons. The van der Waals surface area contributed by atoms with E-state index in [2.05, 4.69) is 56.1 Å². The Morgan fingerprint density at radius 3 is 2.21 bits per heavy atom. The summed E-state index contributed by atoms with van der Waals surface area (Å²) in [7, 11) is 0. The van der Waals surface area contributed by atoms with Gasteiger partial charge in [-0.25, -0.2) is 0 Å². The number of carboxylic acid groups (broad SMARTS) is 1. The molecule has 0 bridgehead atoms. The summed E-state index contributed by atoms with van der Waals surface area (Å²) in [5.41, 5.74) is 3.56. The molecule has 0 aromatic heterocycles. The summed E-state index contributed by atoms with van der Waals surface area (Å²) in [6.07, 6.45) is 6.55. The first-order chi connectivity index (χ1) is 13.3. The molecule has 4 heteroatoms. The van der Waals surface area contributed by atoms with Gasteiger partial charge in [0.2, 0.25) is 0 Å². The average molecular weight is 389 g/mol. The average Bonchev–Trinajstić information content (AvgIpc) is 2.60. The highest BCUT2D eigenvalue weighted by molar-refractivity contribution is 5.73. The Labute approximate surface area is 171 Å². The Balaban J connectivity index is 2.35. The third-order valence-corrected chi connectivity index (χ3v) is 5.55. The molecular formula is C24H40N2O2. The highest BCUT2D eigenvalue weighted by Gasteiger charge is 2.20. The molecule has 0 saturated heterocycles. The normalized spacial score (nSPS) is 16.4. The van der Waals surface area contributed by atoms with E-state index in [1.807, 2.05) is 6.92 Å². The number of aliphatic carboxylic acids is 1.